The standard InChI is InChI=1S/C29H37BF5O2P/c1-4-7-17-38(18-8-5-2,19-9-6-3)30-23(16-15-21-13-11-10-12-14-21)29(36)37-20-22-24(31)26(33)28(35)27(34)25(22)32/h10-16,23H,4-9,17-20H2,1-3H3/b16-15+. The molecule has 0 fully saturated rings. The lowest BCUT2D eigenvalue weighted by Crippen LogP contribution is -2.24. The van der Waals surface area contributed by atoms with Crippen LogP contribution in [0.3, 0.4) is 0 Å². The predicted octanol–water partition coefficient (Wildman–Crippen LogP) is 8.96. The fraction of sp³-hybridized carbons (Fsp3) is 0.483. The number of ether oxygens (including phenoxy) is 1. The minimum atomic E-state index is -2.25. The number of hydrogen-bond donors (Lipinski definition) is 0. The molecule has 2 radical (unpaired) electrons. The molecule has 0 saturated carbocycles. The van der Waals surface area contributed by atoms with Crippen LogP contribution in [-0.2, 0) is 16.1 Å². The van der Waals surface area contributed by atoms with E-state index in [0.29, 0.717) is 0 Å². The molecular weight excluding hydrogens is 517 g/mol. The van der Waals surface area contributed by atoms with Gasteiger partial charge >= 0.3 is 0 Å². The Labute approximate surface area is 224 Å². The first kappa shape index (κ1) is 32.0. The van der Waals surface area contributed by atoms with Crippen molar-refractivity contribution in [1.29, 1.82) is 0 Å². The zero-order valence-electron chi connectivity index (χ0n) is 22.4. The summed E-state index contributed by atoms with van der Waals surface area (Å²) < 4.78 is 74.3. The number of unbranched alkanes of at least 4 members (excludes halogenated alkanes) is 3. The van der Waals surface area contributed by atoms with Gasteiger partial charge in [-0.3, -0.25) is 4.79 Å². The Balaban J connectivity index is 2.39. The number of carbonyl (C=O) groups excluding carboxylic acids is 1. The quantitative estimate of drug-likeness (QED) is 0.0517. The minimum absolute atomic E-state index is 0.782. The van der Waals surface area contributed by atoms with Crippen molar-refractivity contribution in [3.63, 3.8) is 0 Å². The number of carbonyl (C=O) groups is 1. The van der Waals surface area contributed by atoms with E-state index >= 15 is 0 Å². The van der Waals surface area contributed by atoms with Gasteiger partial charge in [0.15, 0.2) is 23.3 Å². The average molecular weight is 554 g/mol. The minimum Gasteiger partial charge on any atom is -0.463 e. The van der Waals surface area contributed by atoms with Gasteiger partial charge in [0.1, 0.15) is 6.61 Å². The van der Waals surface area contributed by atoms with E-state index in [1.165, 1.54) is 0 Å². The molecule has 0 heterocycles. The highest BCUT2D eigenvalue weighted by Crippen LogP contribution is 2.61. The van der Waals surface area contributed by atoms with E-state index in [1.807, 2.05) is 30.3 Å². The SMILES string of the molecule is CCCC[P+]([B-]C(/C=C/c1ccccc1)C(=O)OCc1c(F)c(F)c(F)c(F)c1F)(CCCC)CCCC. The monoisotopic (exact) mass is 554 g/mol. The number of hydrogen-bond acceptors (Lipinski definition) is 2. The molecule has 0 spiro atoms. The van der Waals surface area contributed by atoms with Crippen molar-refractivity contribution in [3.05, 3.63) is 76.6 Å². The summed E-state index contributed by atoms with van der Waals surface area (Å²) in [6.07, 6.45) is 12.6. The van der Waals surface area contributed by atoms with Gasteiger partial charge in [-0.2, -0.15) is 0 Å². The van der Waals surface area contributed by atoms with Crippen LogP contribution in [0.1, 0.15) is 70.4 Å². The van der Waals surface area contributed by atoms with Crippen molar-refractivity contribution in [1.82, 2.24) is 0 Å². The summed E-state index contributed by atoms with van der Waals surface area (Å²) in [6, 6.07) is 9.35. The maximum Gasteiger partial charge on any atom is 0.275 e. The molecule has 0 N–H and O–H groups in total. The summed E-state index contributed by atoms with van der Waals surface area (Å²) >= 11 is 0. The van der Waals surface area contributed by atoms with Gasteiger partial charge < -0.3 is 4.74 Å². The molecule has 2 aromatic rings. The summed E-state index contributed by atoms with van der Waals surface area (Å²) in [5.74, 6) is -12.0. The fourth-order valence-electron chi connectivity index (χ4n) is 4.30. The first-order chi connectivity index (χ1) is 18.2. The second kappa shape index (κ2) is 16.0. The zero-order valence-corrected chi connectivity index (χ0v) is 23.3. The van der Waals surface area contributed by atoms with Crippen LogP contribution in [0.25, 0.3) is 6.08 Å². The molecule has 208 valence electrons. The van der Waals surface area contributed by atoms with Crippen LogP contribution in [0, 0.1) is 29.1 Å². The van der Waals surface area contributed by atoms with Crippen LogP contribution < -0.4 is 0 Å². The molecule has 1 unspecified atom stereocenters. The van der Waals surface area contributed by atoms with Crippen LogP contribution in [0.2, 0.25) is 5.82 Å². The molecule has 0 aliphatic rings. The Kier molecular flexibility index (Phi) is 13.5. The largest absolute Gasteiger partial charge is 0.463 e. The fourth-order valence-corrected chi connectivity index (χ4v) is 9.16. The number of halogens is 5. The molecule has 0 bridgehead atoms. The molecule has 0 aliphatic carbocycles. The van der Waals surface area contributed by atoms with E-state index < -0.39 is 60.2 Å². The smallest absolute Gasteiger partial charge is 0.275 e. The Morgan fingerprint density at radius 2 is 1.29 bits per heavy atom. The van der Waals surface area contributed by atoms with Crippen molar-refractivity contribution >= 4 is 26.2 Å². The van der Waals surface area contributed by atoms with Crippen molar-refractivity contribution in [3.8, 4) is 0 Å². The van der Waals surface area contributed by atoms with Crippen molar-refractivity contribution in [2.45, 2.75) is 71.7 Å². The predicted molar refractivity (Wildman–Crippen MR) is 147 cm³/mol. The molecule has 38 heavy (non-hydrogen) atoms. The Hall–Kier alpha value is -2.21. The molecule has 2 aromatic carbocycles. The van der Waals surface area contributed by atoms with Crippen LogP contribution in [0.15, 0.2) is 36.4 Å². The van der Waals surface area contributed by atoms with Crippen LogP contribution in [0.5, 0.6) is 0 Å². The normalized spacial score (nSPS) is 12.7. The van der Waals surface area contributed by atoms with Crippen LogP contribution >= 0.6 is 7.14 Å². The summed E-state index contributed by atoms with van der Waals surface area (Å²) in [5.41, 5.74) is -0.303. The van der Waals surface area contributed by atoms with E-state index in [9.17, 15) is 26.7 Å². The Morgan fingerprint density at radius 1 is 0.816 bits per heavy atom. The first-order valence-electron chi connectivity index (χ1n) is 13.3. The van der Waals surface area contributed by atoms with E-state index in [2.05, 4.69) is 27.8 Å². The zero-order chi connectivity index (χ0) is 28.1. The highest BCUT2D eigenvalue weighted by atomic mass is 31.2. The van der Waals surface area contributed by atoms with Gasteiger partial charge in [0.2, 0.25) is 5.82 Å². The van der Waals surface area contributed by atoms with Gasteiger partial charge in [0.25, 0.3) is 5.97 Å². The van der Waals surface area contributed by atoms with Gasteiger partial charge in [0, 0.05) is 18.5 Å². The van der Waals surface area contributed by atoms with Gasteiger partial charge in [-0.1, -0.05) is 89.3 Å². The molecule has 0 saturated heterocycles. The first-order valence-corrected chi connectivity index (χ1v) is 15.7. The number of rotatable bonds is 16. The lowest BCUT2D eigenvalue weighted by molar-refractivity contribution is -0.143. The lowest BCUT2D eigenvalue weighted by Gasteiger charge is -2.42. The van der Waals surface area contributed by atoms with Crippen molar-refractivity contribution < 1.29 is 31.5 Å². The molecule has 2 nitrogen and oxygen atoms in total. The summed E-state index contributed by atoms with van der Waals surface area (Å²) in [4.78, 5) is 13.3. The topological polar surface area (TPSA) is 26.3 Å². The molecule has 0 aromatic heterocycles. The van der Waals surface area contributed by atoms with E-state index in [1.54, 1.807) is 12.2 Å². The van der Waals surface area contributed by atoms with Gasteiger partial charge in [-0.15, -0.1) is 6.08 Å². The highest BCUT2D eigenvalue weighted by Gasteiger charge is 2.30. The summed E-state index contributed by atoms with van der Waals surface area (Å²) in [7, 11) is -1.71. The lowest BCUT2D eigenvalue weighted by atomic mass is 9.85. The molecular formula is C29H37BF5O2P. The second-order valence-corrected chi connectivity index (χ2v) is 13.6. The van der Waals surface area contributed by atoms with E-state index in [0.717, 1.165) is 62.6 Å². The van der Waals surface area contributed by atoms with Crippen molar-refractivity contribution in [2.75, 3.05) is 18.5 Å². The summed E-state index contributed by atoms with van der Waals surface area (Å²) in [6.45, 7) is 7.41. The van der Waals surface area contributed by atoms with Crippen molar-refractivity contribution in [2.24, 2.45) is 0 Å². The third-order valence-electron chi connectivity index (χ3n) is 6.58. The summed E-state index contributed by atoms with van der Waals surface area (Å²) in [5, 5.41) is 0. The molecule has 0 amide bonds. The van der Waals surface area contributed by atoms with Gasteiger partial charge in [-0.25, -0.2) is 29.1 Å². The Morgan fingerprint density at radius 3 is 1.76 bits per heavy atom. The van der Waals surface area contributed by atoms with Crippen LogP contribution in [-0.4, -0.2) is 31.5 Å². The average Bonchev–Trinajstić information content (AvgIpc) is 2.94. The number of esters is 1. The molecule has 1 atom stereocenters. The third kappa shape index (κ3) is 8.93. The molecule has 2 rings (SSSR count). The maximum atomic E-state index is 14.2. The molecule has 0 aliphatic heterocycles. The van der Waals surface area contributed by atoms with E-state index in [-0.39, 0.29) is 0 Å². The van der Waals surface area contributed by atoms with Crippen LogP contribution in [0.4, 0.5) is 22.0 Å². The third-order valence-corrected chi connectivity index (χ3v) is 11.1. The van der Waals surface area contributed by atoms with Gasteiger partial charge in [0.05, 0.1) is 5.56 Å². The Bertz CT molecular complexity index is 1010. The highest BCUT2D eigenvalue weighted by molar-refractivity contribution is 8.00. The second-order valence-electron chi connectivity index (χ2n) is 9.55. The van der Waals surface area contributed by atoms with Gasteiger partial charge in [-0.05, 0) is 24.8 Å². The maximum absolute atomic E-state index is 14.2. The number of benzene rings is 2. The molecule has 9 heteroatoms. The van der Waals surface area contributed by atoms with E-state index in [4.69, 9.17) is 4.74 Å².